The largest absolute Gasteiger partial charge is 0.388 e. The van der Waals surface area contributed by atoms with Crippen LogP contribution in [-0.2, 0) is 9.09 Å². The molecule has 0 spiro atoms. The average molecular weight is 381 g/mol. The van der Waals surface area contributed by atoms with Crippen LogP contribution in [-0.4, -0.2) is 22.2 Å². The molecular formula is C17H18ClN2O2PS. The van der Waals surface area contributed by atoms with Gasteiger partial charge in [0, 0.05) is 23.0 Å². The Balaban J connectivity index is 2.37. The first-order chi connectivity index (χ1) is 11.3. The normalized spacial score (nSPS) is 22.6. The van der Waals surface area contributed by atoms with Crippen molar-refractivity contribution in [3.05, 3.63) is 53.2 Å². The maximum atomic E-state index is 14.1. The first-order valence-electron chi connectivity index (χ1n) is 7.44. The van der Waals surface area contributed by atoms with Crippen LogP contribution in [0, 0.1) is 0 Å². The lowest BCUT2D eigenvalue weighted by atomic mass is 10.0. The van der Waals surface area contributed by atoms with Crippen LogP contribution in [0.3, 0.4) is 0 Å². The molecule has 1 aromatic heterocycles. The zero-order valence-corrected chi connectivity index (χ0v) is 15.8. The summed E-state index contributed by atoms with van der Waals surface area (Å²) < 4.78 is 19.7. The van der Waals surface area contributed by atoms with Crippen LogP contribution >= 0.6 is 31.2 Å². The van der Waals surface area contributed by atoms with E-state index in [0.717, 1.165) is 10.9 Å². The molecule has 24 heavy (non-hydrogen) atoms. The highest BCUT2D eigenvalue weighted by atomic mass is 35.5. The highest BCUT2D eigenvalue weighted by molar-refractivity contribution is 7.81. The summed E-state index contributed by atoms with van der Waals surface area (Å²) >= 11 is 11.3. The lowest BCUT2D eigenvalue weighted by Gasteiger charge is -2.35. The second-order valence-electron chi connectivity index (χ2n) is 5.99. The fraction of sp³-hybridized carbons (Fsp3) is 0.235. The van der Waals surface area contributed by atoms with Crippen molar-refractivity contribution < 1.29 is 9.09 Å². The van der Waals surface area contributed by atoms with E-state index in [0.29, 0.717) is 22.4 Å². The molecule has 0 saturated carbocycles. The molecular weight excluding hydrogens is 363 g/mol. The average Bonchev–Trinajstić information content (AvgIpc) is 2.94. The van der Waals surface area contributed by atoms with Gasteiger partial charge in [0.05, 0.1) is 16.2 Å². The minimum atomic E-state index is -3.34. The topological polar surface area (TPSA) is 68.1 Å². The maximum Gasteiger partial charge on any atom is 0.244 e. The van der Waals surface area contributed by atoms with Gasteiger partial charge in [-0.05, 0) is 31.5 Å². The van der Waals surface area contributed by atoms with Gasteiger partial charge in [0.2, 0.25) is 7.37 Å². The van der Waals surface area contributed by atoms with Crippen molar-refractivity contribution in [2.24, 2.45) is 5.73 Å². The van der Waals surface area contributed by atoms with Gasteiger partial charge in [-0.3, -0.25) is 4.57 Å². The van der Waals surface area contributed by atoms with E-state index in [1.54, 1.807) is 12.1 Å². The van der Waals surface area contributed by atoms with Gasteiger partial charge in [0.25, 0.3) is 0 Å². The summed E-state index contributed by atoms with van der Waals surface area (Å²) in [5.74, 6) is 0. The predicted octanol–water partition coefficient (Wildman–Crippen LogP) is 4.28. The quantitative estimate of drug-likeness (QED) is 0.613. The number of benzene rings is 1. The third-order valence-electron chi connectivity index (χ3n) is 4.44. The third kappa shape index (κ3) is 2.56. The molecule has 3 rings (SSSR count). The van der Waals surface area contributed by atoms with Gasteiger partial charge >= 0.3 is 0 Å². The Kier molecular flexibility index (Phi) is 4.47. The van der Waals surface area contributed by atoms with Crippen LogP contribution < -0.4 is 11.0 Å². The molecule has 0 aliphatic heterocycles. The number of thiocarbonyl (C=S) groups is 1. The van der Waals surface area contributed by atoms with E-state index >= 15 is 0 Å². The molecule has 126 valence electrons. The Hall–Kier alpha value is -1.39. The van der Waals surface area contributed by atoms with Crippen molar-refractivity contribution in [1.29, 1.82) is 0 Å². The Morgan fingerprint density at radius 2 is 2.21 bits per heavy atom. The number of hydrogen-bond acceptors (Lipinski definition) is 3. The Labute approximate surface area is 151 Å². The van der Waals surface area contributed by atoms with Gasteiger partial charge in [-0.1, -0.05) is 48.1 Å². The van der Waals surface area contributed by atoms with Crippen molar-refractivity contribution in [2.45, 2.75) is 18.5 Å². The number of hydrogen-bond donors (Lipinski definition) is 2. The number of nitrogens with two attached hydrogens (primary N) is 1. The van der Waals surface area contributed by atoms with E-state index in [-0.39, 0.29) is 4.99 Å². The highest BCUT2D eigenvalue weighted by Gasteiger charge is 2.47. The minimum absolute atomic E-state index is 0.147. The van der Waals surface area contributed by atoms with Gasteiger partial charge in [-0.25, -0.2) is 0 Å². The molecule has 2 aromatic rings. The number of aromatic nitrogens is 1. The first-order valence-corrected chi connectivity index (χ1v) is 9.85. The number of H-pyrrole nitrogens is 1. The molecule has 1 aliphatic rings. The van der Waals surface area contributed by atoms with E-state index in [2.05, 4.69) is 4.98 Å². The smallest absolute Gasteiger partial charge is 0.244 e. The van der Waals surface area contributed by atoms with E-state index in [9.17, 15) is 4.57 Å². The van der Waals surface area contributed by atoms with Crippen molar-refractivity contribution >= 4 is 52.4 Å². The van der Waals surface area contributed by atoms with E-state index < -0.39 is 12.5 Å². The molecule has 0 bridgehead atoms. The van der Waals surface area contributed by atoms with Crippen molar-refractivity contribution in [1.82, 2.24) is 4.98 Å². The van der Waals surface area contributed by atoms with Crippen LogP contribution in [0.1, 0.15) is 19.0 Å². The van der Waals surface area contributed by atoms with Crippen LogP contribution in [0.25, 0.3) is 10.9 Å². The number of halogens is 1. The minimum Gasteiger partial charge on any atom is -0.388 e. The summed E-state index contributed by atoms with van der Waals surface area (Å²) in [6.07, 6.45) is 8.32. The van der Waals surface area contributed by atoms with E-state index in [1.807, 2.05) is 37.3 Å². The number of nitrogens with one attached hydrogen (secondary N) is 1. The molecule has 4 nitrogen and oxygen atoms in total. The predicted molar refractivity (Wildman–Crippen MR) is 105 cm³/mol. The number of rotatable bonds is 4. The van der Waals surface area contributed by atoms with Crippen molar-refractivity contribution in [3.63, 3.8) is 0 Å². The lowest BCUT2D eigenvalue weighted by molar-refractivity contribution is 0.383. The fourth-order valence-electron chi connectivity index (χ4n) is 3.12. The lowest BCUT2D eigenvalue weighted by Crippen LogP contribution is -2.32. The second-order valence-corrected chi connectivity index (χ2v) is 9.80. The highest BCUT2D eigenvalue weighted by Crippen LogP contribution is 2.62. The summed E-state index contributed by atoms with van der Waals surface area (Å²) in [4.78, 5) is 3.31. The van der Waals surface area contributed by atoms with E-state index in [4.69, 9.17) is 34.1 Å². The number of aromatic amines is 1. The standard InChI is InChI=1S/C17H18ClN2O2PS/c1-17(8-4-3-5-9-17)23(21,22-2)15-12-10-11(18)6-7-13(12)20-14(15)16(19)24/h3-8,10,20H,9H2,1-2H3,(H2,19,24). The Morgan fingerprint density at radius 1 is 1.46 bits per heavy atom. The zero-order valence-electron chi connectivity index (χ0n) is 13.4. The molecule has 0 amide bonds. The Bertz CT molecular complexity index is 934. The monoisotopic (exact) mass is 380 g/mol. The van der Waals surface area contributed by atoms with Gasteiger partial charge in [0.15, 0.2) is 0 Å². The molecule has 3 N–H and O–H groups in total. The van der Waals surface area contributed by atoms with Crippen LogP contribution in [0.15, 0.2) is 42.5 Å². The molecule has 2 unspecified atom stereocenters. The number of fused-ring (bicyclic) bond motifs is 1. The molecule has 1 aromatic carbocycles. The van der Waals surface area contributed by atoms with Gasteiger partial charge in [-0.15, -0.1) is 0 Å². The molecule has 1 heterocycles. The van der Waals surface area contributed by atoms with Crippen LogP contribution in [0.5, 0.6) is 0 Å². The zero-order chi connectivity index (χ0) is 17.5. The Morgan fingerprint density at radius 3 is 2.79 bits per heavy atom. The SMILES string of the molecule is COP(=O)(c1c(C(N)=S)[nH]c2ccc(Cl)cc12)C1(C)C=CC=CC1. The fourth-order valence-corrected chi connectivity index (χ4v) is 6.24. The summed E-state index contributed by atoms with van der Waals surface area (Å²) in [6, 6.07) is 5.35. The summed E-state index contributed by atoms with van der Waals surface area (Å²) in [7, 11) is -1.88. The van der Waals surface area contributed by atoms with Gasteiger partial charge in [0.1, 0.15) is 4.99 Å². The van der Waals surface area contributed by atoms with Crippen molar-refractivity contribution in [2.75, 3.05) is 7.11 Å². The summed E-state index contributed by atoms with van der Waals surface area (Å²) in [5, 5.41) is 1.09. The van der Waals surface area contributed by atoms with Gasteiger partial charge in [-0.2, -0.15) is 0 Å². The summed E-state index contributed by atoms with van der Waals surface area (Å²) in [6.45, 7) is 1.92. The molecule has 1 aliphatic carbocycles. The van der Waals surface area contributed by atoms with Gasteiger partial charge < -0.3 is 15.2 Å². The molecule has 7 heteroatoms. The van der Waals surface area contributed by atoms with Crippen LogP contribution in [0.2, 0.25) is 5.02 Å². The maximum absolute atomic E-state index is 14.1. The molecule has 0 radical (unpaired) electrons. The molecule has 2 atom stereocenters. The number of allylic oxidation sites excluding steroid dienone is 4. The van der Waals surface area contributed by atoms with Crippen LogP contribution in [0.4, 0.5) is 0 Å². The third-order valence-corrected chi connectivity index (χ3v) is 8.12. The molecule has 0 saturated heterocycles. The van der Waals surface area contributed by atoms with Crippen molar-refractivity contribution in [3.8, 4) is 0 Å². The summed E-state index contributed by atoms with van der Waals surface area (Å²) in [5.41, 5.74) is 7.14. The molecule has 0 fully saturated rings. The first kappa shape index (κ1) is 17.4. The second kappa shape index (κ2) is 6.16. The van der Waals surface area contributed by atoms with E-state index in [1.165, 1.54) is 7.11 Å².